The summed E-state index contributed by atoms with van der Waals surface area (Å²) in [4.78, 5) is 10.6. The molecule has 0 aliphatic heterocycles. The highest BCUT2D eigenvalue weighted by molar-refractivity contribution is 7.27. The molecule has 0 radical (unpaired) electrons. The Balaban J connectivity index is 1.22. The number of nitrogens with zero attached hydrogens (tertiary/aromatic N) is 2. The monoisotopic (exact) mass is 614 g/mol. The number of fused-ring (bicyclic) bond motifs is 11. The fourth-order valence-electron chi connectivity index (χ4n) is 7.30. The minimum atomic E-state index is 0.887. The van der Waals surface area contributed by atoms with Crippen molar-refractivity contribution in [2.45, 2.75) is 0 Å². The lowest BCUT2D eigenvalue weighted by Crippen LogP contribution is -1.97. The van der Waals surface area contributed by atoms with Crippen molar-refractivity contribution in [1.82, 2.24) is 9.97 Å². The first-order valence-corrected chi connectivity index (χ1v) is 16.7. The van der Waals surface area contributed by atoms with Gasteiger partial charge in [0.25, 0.3) is 0 Å². The van der Waals surface area contributed by atoms with Crippen LogP contribution >= 0.6 is 11.3 Å². The van der Waals surface area contributed by atoms with Crippen LogP contribution in [-0.2, 0) is 0 Å². The molecule has 0 saturated carbocycles. The van der Waals surface area contributed by atoms with Gasteiger partial charge in [0.2, 0.25) is 0 Å². The zero-order valence-electron chi connectivity index (χ0n) is 25.3. The van der Waals surface area contributed by atoms with Gasteiger partial charge in [-0.2, -0.15) is 0 Å². The zero-order chi connectivity index (χ0) is 30.9. The number of benzene rings is 8. The van der Waals surface area contributed by atoms with Crippen LogP contribution in [0.2, 0.25) is 0 Å². The molecule has 0 spiro atoms. The molecule has 2 aromatic heterocycles. The third kappa shape index (κ3) is 4.04. The quantitative estimate of drug-likeness (QED) is 0.185. The molecule has 0 aliphatic rings. The normalized spacial score (nSPS) is 11.8. The Hall–Kier alpha value is -5.90. The van der Waals surface area contributed by atoms with Crippen molar-refractivity contribution in [1.29, 1.82) is 0 Å². The Kier molecular flexibility index (Phi) is 5.78. The zero-order valence-corrected chi connectivity index (χ0v) is 26.1. The predicted molar refractivity (Wildman–Crippen MR) is 201 cm³/mol. The predicted octanol–water partition coefficient (Wildman–Crippen LogP) is 12.5. The molecular formula is C44H26N2S. The number of hydrogen-bond donors (Lipinski definition) is 0. The number of hydrogen-bond acceptors (Lipinski definition) is 3. The van der Waals surface area contributed by atoms with Crippen LogP contribution in [0.25, 0.3) is 97.2 Å². The summed E-state index contributed by atoms with van der Waals surface area (Å²) in [6.07, 6.45) is 0. The maximum Gasteiger partial charge on any atom is 0.0973 e. The summed E-state index contributed by atoms with van der Waals surface area (Å²) in [5.74, 6) is 0. The molecular weight excluding hydrogens is 589 g/mol. The third-order valence-corrected chi connectivity index (χ3v) is 10.6. The highest BCUT2D eigenvalue weighted by Gasteiger charge is 2.18. The maximum atomic E-state index is 5.36. The van der Waals surface area contributed by atoms with Gasteiger partial charge in [-0.1, -0.05) is 140 Å². The first kappa shape index (κ1) is 26.3. The molecule has 0 bridgehead atoms. The van der Waals surface area contributed by atoms with E-state index in [1.807, 2.05) is 23.5 Å². The van der Waals surface area contributed by atoms with Gasteiger partial charge in [-0.3, -0.25) is 0 Å². The van der Waals surface area contributed by atoms with Gasteiger partial charge < -0.3 is 0 Å². The summed E-state index contributed by atoms with van der Waals surface area (Å²) < 4.78 is 2.69. The molecule has 0 fully saturated rings. The Morgan fingerprint density at radius 3 is 1.81 bits per heavy atom. The number of thiophene rings is 1. The fourth-order valence-corrected chi connectivity index (χ4v) is 8.55. The van der Waals surface area contributed by atoms with E-state index in [-0.39, 0.29) is 0 Å². The van der Waals surface area contributed by atoms with E-state index in [1.54, 1.807) is 0 Å². The summed E-state index contributed by atoms with van der Waals surface area (Å²) in [6, 6.07) is 56.3. The second-order valence-electron chi connectivity index (χ2n) is 12.1. The molecule has 47 heavy (non-hydrogen) atoms. The topological polar surface area (TPSA) is 25.8 Å². The highest BCUT2D eigenvalue weighted by Crippen LogP contribution is 2.46. The molecule has 0 aliphatic carbocycles. The molecule has 10 aromatic rings. The van der Waals surface area contributed by atoms with Crippen molar-refractivity contribution in [3.05, 3.63) is 158 Å². The van der Waals surface area contributed by atoms with Crippen LogP contribution in [0.4, 0.5) is 0 Å². The van der Waals surface area contributed by atoms with Gasteiger partial charge in [0.15, 0.2) is 0 Å². The average molecular weight is 615 g/mol. The Bertz CT molecular complexity index is 2840. The fraction of sp³-hybridized carbons (Fsp3) is 0. The van der Waals surface area contributed by atoms with Gasteiger partial charge >= 0.3 is 0 Å². The van der Waals surface area contributed by atoms with Gasteiger partial charge in [-0.15, -0.1) is 11.3 Å². The van der Waals surface area contributed by atoms with E-state index in [0.29, 0.717) is 0 Å². The van der Waals surface area contributed by atoms with Crippen LogP contribution < -0.4 is 0 Å². The van der Waals surface area contributed by atoms with E-state index >= 15 is 0 Å². The van der Waals surface area contributed by atoms with Crippen LogP contribution in [0.5, 0.6) is 0 Å². The number of aromatic nitrogens is 2. The van der Waals surface area contributed by atoms with E-state index in [1.165, 1.54) is 52.5 Å². The van der Waals surface area contributed by atoms with E-state index < -0.39 is 0 Å². The summed E-state index contributed by atoms with van der Waals surface area (Å²) in [5.41, 5.74) is 7.91. The summed E-state index contributed by atoms with van der Waals surface area (Å²) >= 11 is 1.90. The molecule has 0 atom stereocenters. The van der Waals surface area contributed by atoms with Gasteiger partial charge in [0, 0.05) is 42.2 Å². The Morgan fingerprint density at radius 2 is 1.04 bits per heavy atom. The van der Waals surface area contributed by atoms with Crippen molar-refractivity contribution in [2.75, 3.05) is 0 Å². The van der Waals surface area contributed by atoms with Crippen LogP contribution in [0, 0.1) is 0 Å². The lowest BCUT2D eigenvalue weighted by Gasteiger charge is -2.14. The van der Waals surface area contributed by atoms with Crippen molar-refractivity contribution >= 4 is 74.9 Å². The molecule has 0 N–H and O–H groups in total. The largest absolute Gasteiger partial charge is 0.244 e. The third-order valence-electron chi connectivity index (χ3n) is 9.43. The standard InChI is InChI=1S/C44H26N2S/c1-3-12-27(13-4-1)41-42(28-14-5-2-6-15-28)46-43-32(19-11-20-37(43)45-41)30-22-24-31-29(26-30)23-25-36-39(31)33-16-7-8-17-34(33)40-35-18-9-10-21-38(35)47-44(36)40/h1-26H. The van der Waals surface area contributed by atoms with Gasteiger partial charge in [0.05, 0.1) is 22.4 Å². The maximum absolute atomic E-state index is 5.36. The first-order chi connectivity index (χ1) is 23.3. The smallest absolute Gasteiger partial charge is 0.0973 e. The number of rotatable bonds is 3. The molecule has 10 rings (SSSR count). The molecule has 2 heterocycles. The molecule has 0 amide bonds. The van der Waals surface area contributed by atoms with Crippen molar-refractivity contribution < 1.29 is 0 Å². The van der Waals surface area contributed by atoms with Crippen LogP contribution in [-0.4, -0.2) is 9.97 Å². The average Bonchev–Trinajstić information content (AvgIpc) is 3.54. The van der Waals surface area contributed by atoms with Crippen LogP contribution in [0.1, 0.15) is 0 Å². The molecule has 0 unspecified atom stereocenters. The second kappa shape index (κ2) is 10.3. The minimum Gasteiger partial charge on any atom is -0.244 e. The van der Waals surface area contributed by atoms with E-state index in [9.17, 15) is 0 Å². The molecule has 3 heteroatoms. The molecule has 218 valence electrons. The first-order valence-electron chi connectivity index (χ1n) is 15.9. The van der Waals surface area contributed by atoms with E-state index in [0.717, 1.165) is 44.7 Å². The molecule has 8 aromatic carbocycles. The van der Waals surface area contributed by atoms with E-state index in [2.05, 4.69) is 146 Å². The van der Waals surface area contributed by atoms with Gasteiger partial charge in [-0.05, 0) is 50.7 Å². The van der Waals surface area contributed by atoms with Crippen LogP contribution in [0.3, 0.4) is 0 Å². The SMILES string of the molecule is c1ccc(-c2nc3cccc(-c4ccc5c(ccc6c7sc8ccccc8c7c7ccccc7c56)c4)c3nc2-c2ccccc2)cc1. The molecule has 2 nitrogen and oxygen atoms in total. The van der Waals surface area contributed by atoms with E-state index in [4.69, 9.17) is 9.97 Å². The van der Waals surface area contributed by atoms with Crippen molar-refractivity contribution in [3.63, 3.8) is 0 Å². The number of para-hydroxylation sites is 1. The minimum absolute atomic E-state index is 0.887. The summed E-state index contributed by atoms with van der Waals surface area (Å²) in [7, 11) is 0. The van der Waals surface area contributed by atoms with Crippen molar-refractivity contribution in [2.24, 2.45) is 0 Å². The van der Waals surface area contributed by atoms with Crippen LogP contribution in [0.15, 0.2) is 158 Å². The lowest BCUT2D eigenvalue weighted by molar-refractivity contribution is 1.29. The van der Waals surface area contributed by atoms with Gasteiger partial charge in [0.1, 0.15) is 0 Å². The Morgan fingerprint density at radius 1 is 0.404 bits per heavy atom. The van der Waals surface area contributed by atoms with Gasteiger partial charge in [-0.25, -0.2) is 9.97 Å². The van der Waals surface area contributed by atoms with Crippen molar-refractivity contribution in [3.8, 4) is 33.6 Å². The summed E-state index contributed by atoms with van der Waals surface area (Å²) in [5, 5.41) is 10.4. The molecule has 0 saturated heterocycles. The second-order valence-corrected chi connectivity index (χ2v) is 13.2. The Labute approximate surface area is 275 Å². The highest BCUT2D eigenvalue weighted by atomic mass is 32.1. The lowest BCUT2D eigenvalue weighted by atomic mass is 9.92. The summed E-state index contributed by atoms with van der Waals surface area (Å²) in [6.45, 7) is 0.